The average Bonchev–Trinajstić information content (AvgIpc) is 2.72. The lowest BCUT2D eigenvalue weighted by molar-refractivity contribution is -0.150. The van der Waals surface area contributed by atoms with Gasteiger partial charge >= 0.3 is 0 Å². The molecule has 1 aromatic carbocycles. The van der Waals surface area contributed by atoms with Crippen molar-refractivity contribution < 1.29 is 19.1 Å². The average molecular weight is 374 g/mol. The number of hydrogen-bond donors (Lipinski definition) is 0. The van der Waals surface area contributed by atoms with E-state index in [0.29, 0.717) is 17.7 Å². The third-order valence-corrected chi connectivity index (χ3v) is 5.84. The SMILES string of the molecule is COc1cccc(C(=O)CN(C)C(=O)C(C)(C2CCCCC2)N(C)C=O)c1. The number of nitrogens with zero attached hydrogens (tertiary/aromatic N) is 2. The van der Waals surface area contributed by atoms with Gasteiger partial charge < -0.3 is 14.5 Å². The van der Waals surface area contributed by atoms with Gasteiger partial charge in [-0.15, -0.1) is 0 Å². The van der Waals surface area contributed by atoms with Crippen molar-refractivity contribution in [2.45, 2.75) is 44.6 Å². The van der Waals surface area contributed by atoms with Crippen molar-refractivity contribution in [1.29, 1.82) is 0 Å². The van der Waals surface area contributed by atoms with Gasteiger partial charge in [0.25, 0.3) is 0 Å². The third-order valence-electron chi connectivity index (χ3n) is 5.84. The van der Waals surface area contributed by atoms with Crippen molar-refractivity contribution in [3.8, 4) is 5.75 Å². The summed E-state index contributed by atoms with van der Waals surface area (Å²) in [6.45, 7) is 1.78. The number of carbonyl (C=O) groups excluding carboxylic acids is 3. The molecule has 27 heavy (non-hydrogen) atoms. The Morgan fingerprint density at radius 3 is 2.48 bits per heavy atom. The van der Waals surface area contributed by atoms with Crippen molar-refractivity contribution in [3.05, 3.63) is 29.8 Å². The molecule has 6 nitrogen and oxygen atoms in total. The van der Waals surface area contributed by atoms with Gasteiger partial charge in [-0.2, -0.15) is 0 Å². The van der Waals surface area contributed by atoms with Crippen molar-refractivity contribution in [2.75, 3.05) is 27.7 Å². The van der Waals surface area contributed by atoms with E-state index >= 15 is 0 Å². The predicted octanol–water partition coefficient (Wildman–Crippen LogP) is 2.76. The van der Waals surface area contributed by atoms with Crippen LogP contribution < -0.4 is 4.74 Å². The molecule has 2 rings (SSSR count). The van der Waals surface area contributed by atoms with Gasteiger partial charge in [0.1, 0.15) is 11.3 Å². The lowest BCUT2D eigenvalue weighted by atomic mass is 9.74. The number of Topliss-reactive ketones (excluding diaryl/α,β-unsaturated/α-hetero) is 1. The molecule has 6 heteroatoms. The molecule has 148 valence electrons. The van der Waals surface area contributed by atoms with Crippen LogP contribution in [0.2, 0.25) is 0 Å². The summed E-state index contributed by atoms with van der Waals surface area (Å²) >= 11 is 0. The molecule has 0 aromatic heterocycles. The molecule has 1 unspecified atom stereocenters. The van der Waals surface area contributed by atoms with Gasteiger partial charge in [-0.3, -0.25) is 14.4 Å². The summed E-state index contributed by atoms with van der Waals surface area (Å²) < 4.78 is 5.16. The fraction of sp³-hybridized carbons (Fsp3) is 0.571. The number of likely N-dealkylation sites (N-methyl/N-ethyl adjacent to an activating group) is 2. The fourth-order valence-electron chi connectivity index (χ4n) is 3.95. The van der Waals surface area contributed by atoms with Crippen molar-refractivity contribution in [1.82, 2.24) is 9.80 Å². The highest BCUT2D eigenvalue weighted by Gasteiger charge is 2.46. The van der Waals surface area contributed by atoms with Gasteiger partial charge in [0.15, 0.2) is 5.78 Å². The van der Waals surface area contributed by atoms with E-state index < -0.39 is 5.54 Å². The second-order valence-corrected chi connectivity index (χ2v) is 7.52. The summed E-state index contributed by atoms with van der Waals surface area (Å²) in [4.78, 5) is 40.4. The van der Waals surface area contributed by atoms with Gasteiger partial charge in [-0.05, 0) is 37.8 Å². The maximum absolute atomic E-state index is 13.3. The third kappa shape index (κ3) is 4.49. The van der Waals surface area contributed by atoms with E-state index in [4.69, 9.17) is 4.74 Å². The van der Waals surface area contributed by atoms with Crippen LogP contribution in [0.25, 0.3) is 0 Å². The first-order valence-corrected chi connectivity index (χ1v) is 9.45. The maximum Gasteiger partial charge on any atom is 0.248 e. The molecule has 1 saturated carbocycles. The van der Waals surface area contributed by atoms with E-state index in [1.165, 1.54) is 9.80 Å². The van der Waals surface area contributed by atoms with Crippen molar-refractivity contribution >= 4 is 18.1 Å². The van der Waals surface area contributed by atoms with Crippen LogP contribution in [0.1, 0.15) is 49.4 Å². The summed E-state index contributed by atoms with van der Waals surface area (Å²) in [6.07, 6.45) is 5.83. The van der Waals surface area contributed by atoms with Crippen LogP contribution in [-0.4, -0.2) is 61.2 Å². The molecule has 0 N–H and O–H groups in total. The molecule has 2 amide bonds. The molecule has 0 heterocycles. The van der Waals surface area contributed by atoms with Crippen LogP contribution in [0.3, 0.4) is 0 Å². The van der Waals surface area contributed by atoms with E-state index in [-0.39, 0.29) is 24.2 Å². The first-order chi connectivity index (χ1) is 12.8. The normalized spacial score (nSPS) is 16.9. The highest BCUT2D eigenvalue weighted by molar-refractivity contribution is 6.00. The summed E-state index contributed by atoms with van der Waals surface area (Å²) in [6, 6.07) is 6.89. The smallest absolute Gasteiger partial charge is 0.248 e. The van der Waals surface area contributed by atoms with Crippen LogP contribution in [0.4, 0.5) is 0 Å². The number of ketones is 1. The first kappa shape index (κ1) is 20.9. The van der Waals surface area contributed by atoms with Gasteiger partial charge in [-0.25, -0.2) is 0 Å². The van der Waals surface area contributed by atoms with Crippen LogP contribution >= 0.6 is 0 Å². The van der Waals surface area contributed by atoms with Crippen molar-refractivity contribution in [2.24, 2.45) is 5.92 Å². The summed E-state index contributed by atoms with van der Waals surface area (Å²) in [7, 11) is 4.82. The van der Waals surface area contributed by atoms with E-state index in [9.17, 15) is 14.4 Å². The van der Waals surface area contributed by atoms with Gasteiger partial charge in [0.05, 0.1) is 13.7 Å². The Labute approximate surface area is 161 Å². The highest BCUT2D eigenvalue weighted by atomic mass is 16.5. The van der Waals surface area contributed by atoms with E-state index in [2.05, 4.69) is 0 Å². The highest BCUT2D eigenvalue weighted by Crippen LogP contribution is 2.36. The molecule has 1 aliphatic rings. The minimum atomic E-state index is -0.939. The molecule has 0 aliphatic heterocycles. The Morgan fingerprint density at radius 2 is 1.89 bits per heavy atom. The summed E-state index contributed by atoms with van der Waals surface area (Å²) in [5.41, 5.74) is -0.442. The Balaban J connectivity index is 2.18. The molecule has 1 aliphatic carbocycles. The zero-order chi connectivity index (χ0) is 20.0. The van der Waals surface area contributed by atoms with Crippen LogP contribution in [0.5, 0.6) is 5.75 Å². The second-order valence-electron chi connectivity index (χ2n) is 7.52. The minimum absolute atomic E-state index is 0.0407. The molecule has 1 aromatic rings. The quantitative estimate of drug-likeness (QED) is 0.518. The maximum atomic E-state index is 13.3. The van der Waals surface area contributed by atoms with Crippen molar-refractivity contribution in [3.63, 3.8) is 0 Å². The number of methoxy groups -OCH3 is 1. The zero-order valence-electron chi connectivity index (χ0n) is 16.7. The lowest BCUT2D eigenvalue weighted by Crippen LogP contribution is -2.60. The predicted molar refractivity (Wildman–Crippen MR) is 104 cm³/mol. The van der Waals surface area contributed by atoms with E-state index in [1.807, 2.05) is 6.92 Å². The van der Waals surface area contributed by atoms with Crippen LogP contribution in [0.15, 0.2) is 24.3 Å². The fourth-order valence-corrected chi connectivity index (χ4v) is 3.95. The lowest BCUT2D eigenvalue weighted by Gasteiger charge is -2.45. The second kappa shape index (κ2) is 9.02. The number of benzene rings is 1. The summed E-state index contributed by atoms with van der Waals surface area (Å²) in [5.74, 6) is 0.343. The Bertz CT molecular complexity index is 685. The number of ether oxygens (including phenoxy) is 1. The topological polar surface area (TPSA) is 66.9 Å². The van der Waals surface area contributed by atoms with E-state index in [1.54, 1.807) is 45.5 Å². The van der Waals surface area contributed by atoms with Crippen LogP contribution in [-0.2, 0) is 9.59 Å². The Hall–Kier alpha value is -2.37. The molecule has 1 atom stereocenters. The standard InChI is InChI=1S/C21H30N2O4/c1-21(23(3)15-24,17-10-6-5-7-11-17)20(26)22(2)14-19(25)16-9-8-12-18(13-16)27-4/h8-9,12-13,15,17H,5-7,10-11,14H2,1-4H3. The largest absolute Gasteiger partial charge is 0.497 e. The molecule has 1 fully saturated rings. The van der Waals surface area contributed by atoms with E-state index in [0.717, 1.165) is 32.1 Å². The molecular weight excluding hydrogens is 344 g/mol. The number of amides is 2. The number of hydrogen-bond acceptors (Lipinski definition) is 4. The number of carbonyl (C=O) groups is 3. The molecule has 0 spiro atoms. The first-order valence-electron chi connectivity index (χ1n) is 9.45. The molecule has 0 radical (unpaired) electrons. The van der Waals surface area contributed by atoms with Gasteiger partial charge in [-0.1, -0.05) is 31.4 Å². The molecular formula is C21H30N2O4. The molecule has 0 saturated heterocycles. The Kier molecular flexibility index (Phi) is 6.99. The molecule has 0 bridgehead atoms. The Morgan fingerprint density at radius 1 is 1.22 bits per heavy atom. The minimum Gasteiger partial charge on any atom is -0.497 e. The zero-order valence-corrected chi connectivity index (χ0v) is 16.7. The number of rotatable bonds is 8. The van der Waals surface area contributed by atoms with Gasteiger partial charge in [0, 0.05) is 19.7 Å². The summed E-state index contributed by atoms with van der Waals surface area (Å²) in [5, 5.41) is 0. The monoisotopic (exact) mass is 374 g/mol. The van der Waals surface area contributed by atoms with Crippen LogP contribution in [0, 0.1) is 5.92 Å². The van der Waals surface area contributed by atoms with Gasteiger partial charge in [0.2, 0.25) is 12.3 Å².